The molecule has 4 heteroatoms. The topological polar surface area (TPSA) is 41.3 Å². The van der Waals surface area contributed by atoms with Crippen LogP contribution in [0.15, 0.2) is 73.1 Å². The molecule has 0 fully saturated rings. The molecule has 0 bridgehead atoms. The Labute approximate surface area is 168 Å². The molecule has 0 aliphatic carbocycles. The van der Waals surface area contributed by atoms with Crippen LogP contribution in [0.4, 0.5) is 11.4 Å². The molecule has 0 spiro atoms. The highest BCUT2D eigenvalue weighted by atomic mass is 32.1. The van der Waals surface area contributed by atoms with E-state index < -0.39 is 0 Å². The van der Waals surface area contributed by atoms with Crippen molar-refractivity contribution in [3.05, 3.63) is 84.2 Å². The van der Waals surface area contributed by atoms with Gasteiger partial charge >= 0.3 is 0 Å². The standard InChI is InChI=1S/C23H29N3S/c1-17(2)23(27)6-5-15-26(4)18(3)25-22-13-9-20(10-14-22)16-19-7-11-21(24)12-8-19/h7-14,25H,1,3,5-6,15-16,24H2,2,4H3. The summed E-state index contributed by atoms with van der Waals surface area (Å²) in [5.41, 5.74) is 11.1. The van der Waals surface area contributed by atoms with Crippen molar-refractivity contribution >= 4 is 28.5 Å². The minimum atomic E-state index is 0.794. The summed E-state index contributed by atoms with van der Waals surface area (Å²) >= 11 is 5.30. The number of allylic oxidation sites excluding steroid dienone is 1. The van der Waals surface area contributed by atoms with Crippen molar-refractivity contribution < 1.29 is 0 Å². The molecule has 2 rings (SSSR count). The van der Waals surface area contributed by atoms with Gasteiger partial charge < -0.3 is 16.0 Å². The lowest BCUT2D eigenvalue weighted by Gasteiger charge is -2.23. The maximum absolute atomic E-state index is 5.74. The first kappa shape index (κ1) is 20.7. The molecule has 2 aromatic carbocycles. The van der Waals surface area contributed by atoms with E-state index in [-0.39, 0.29) is 0 Å². The number of hydrogen-bond acceptors (Lipinski definition) is 4. The second-order valence-corrected chi connectivity index (χ2v) is 7.41. The van der Waals surface area contributed by atoms with E-state index in [4.69, 9.17) is 18.0 Å². The molecule has 0 aliphatic rings. The Balaban J connectivity index is 1.82. The zero-order chi connectivity index (χ0) is 19.8. The number of benzene rings is 2. The number of anilines is 2. The van der Waals surface area contributed by atoms with Crippen LogP contribution >= 0.6 is 12.2 Å². The second kappa shape index (κ2) is 9.93. The fourth-order valence-corrected chi connectivity index (χ4v) is 2.81. The van der Waals surface area contributed by atoms with Gasteiger partial charge in [0.1, 0.15) is 0 Å². The lowest BCUT2D eigenvalue weighted by Crippen LogP contribution is -2.23. The van der Waals surface area contributed by atoms with Crippen LogP contribution in [0.2, 0.25) is 0 Å². The monoisotopic (exact) mass is 379 g/mol. The minimum Gasteiger partial charge on any atom is -0.399 e. The smallest absolute Gasteiger partial charge is 0.0980 e. The number of nitrogens with zero attached hydrogens (tertiary/aromatic N) is 1. The first-order valence-electron chi connectivity index (χ1n) is 9.14. The minimum absolute atomic E-state index is 0.794. The van der Waals surface area contributed by atoms with Crippen LogP contribution in [0.5, 0.6) is 0 Å². The van der Waals surface area contributed by atoms with Crippen molar-refractivity contribution in [1.82, 2.24) is 4.90 Å². The van der Waals surface area contributed by atoms with Gasteiger partial charge in [0.05, 0.1) is 5.82 Å². The molecule has 3 nitrogen and oxygen atoms in total. The predicted molar refractivity (Wildman–Crippen MR) is 122 cm³/mol. The summed E-state index contributed by atoms with van der Waals surface area (Å²) < 4.78 is 0. The third-order valence-electron chi connectivity index (χ3n) is 4.46. The van der Waals surface area contributed by atoms with E-state index in [9.17, 15) is 0 Å². The molecule has 0 aromatic heterocycles. The Kier molecular flexibility index (Phi) is 7.62. The molecule has 3 N–H and O–H groups in total. The molecule has 0 saturated carbocycles. The number of hydrogen-bond donors (Lipinski definition) is 2. The quantitative estimate of drug-likeness (QED) is 0.329. The summed E-state index contributed by atoms with van der Waals surface area (Å²) in [4.78, 5) is 3.07. The fraction of sp³-hybridized carbons (Fsp3) is 0.261. The summed E-state index contributed by atoms with van der Waals surface area (Å²) in [6.45, 7) is 10.9. The number of thiocarbonyl (C=S) groups is 1. The molecule has 0 heterocycles. The molecule has 142 valence electrons. The molecule has 0 unspecified atom stereocenters. The third-order valence-corrected chi connectivity index (χ3v) is 5.02. The molecular weight excluding hydrogens is 350 g/mol. The van der Waals surface area contributed by atoms with E-state index in [0.717, 1.165) is 53.4 Å². The maximum atomic E-state index is 5.74. The first-order chi connectivity index (χ1) is 12.8. The van der Waals surface area contributed by atoms with Crippen LogP contribution < -0.4 is 11.1 Å². The number of nitrogens with two attached hydrogens (primary N) is 1. The van der Waals surface area contributed by atoms with Gasteiger partial charge in [0, 0.05) is 29.8 Å². The van der Waals surface area contributed by atoms with Gasteiger partial charge in [-0.3, -0.25) is 0 Å². The number of nitrogen functional groups attached to an aromatic ring is 1. The fourth-order valence-electron chi connectivity index (χ4n) is 2.66. The van der Waals surface area contributed by atoms with E-state index in [0.29, 0.717) is 0 Å². The van der Waals surface area contributed by atoms with Crippen molar-refractivity contribution in [2.75, 3.05) is 24.6 Å². The average molecular weight is 380 g/mol. The number of nitrogens with one attached hydrogen (secondary N) is 1. The van der Waals surface area contributed by atoms with Crippen molar-refractivity contribution in [2.24, 2.45) is 0 Å². The van der Waals surface area contributed by atoms with Gasteiger partial charge in [0.25, 0.3) is 0 Å². The summed E-state index contributed by atoms with van der Waals surface area (Å²) in [5, 5.41) is 3.37. The van der Waals surface area contributed by atoms with Crippen LogP contribution in [0.1, 0.15) is 30.9 Å². The van der Waals surface area contributed by atoms with Crippen molar-refractivity contribution in [2.45, 2.75) is 26.2 Å². The van der Waals surface area contributed by atoms with Crippen LogP contribution in [-0.4, -0.2) is 23.4 Å². The van der Waals surface area contributed by atoms with Gasteiger partial charge in [0.2, 0.25) is 0 Å². The van der Waals surface area contributed by atoms with E-state index in [2.05, 4.69) is 59.8 Å². The van der Waals surface area contributed by atoms with Gasteiger partial charge in [-0.15, -0.1) is 0 Å². The zero-order valence-corrected chi connectivity index (χ0v) is 17.1. The summed E-state index contributed by atoms with van der Waals surface area (Å²) in [5.74, 6) is 0.877. The summed E-state index contributed by atoms with van der Waals surface area (Å²) in [7, 11) is 2.04. The Hall–Kier alpha value is -2.59. The molecule has 0 radical (unpaired) electrons. The Bertz CT molecular complexity index is 791. The Morgan fingerprint density at radius 2 is 1.59 bits per heavy atom. The SMILES string of the molecule is C=C(C)C(=S)CCCN(C)C(=C)Nc1ccc(Cc2ccc(N)cc2)cc1. The van der Waals surface area contributed by atoms with Crippen LogP contribution in [0, 0.1) is 0 Å². The van der Waals surface area contributed by atoms with E-state index in [1.165, 1.54) is 11.1 Å². The third kappa shape index (κ3) is 6.91. The molecule has 0 amide bonds. The number of rotatable bonds is 10. The van der Waals surface area contributed by atoms with Gasteiger partial charge in [-0.05, 0) is 67.2 Å². The van der Waals surface area contributed by atoms with Crippen LogP contribution in [-0.2, 0) is 6.42 Å². The first-order valence-corrected chi connectivity index (χ1v) is 9.55. The van der Waals surface area contributed by atoms with Crippen LogP contribution in [0.3, 0.4) is 0 Å². The highest BCUT2D eigenvalue weighted by Gasteiger charge is 2.05. The molecule has 0 atom stereocenters. The Morgan fingerprint density at radius 1 is 1.04 bits per heavy atom. The van der Waals surface area contributed by atoms with E-state index in [1.54, 1.807) is 0 Å². The largest absolute Gasteiger partial charge is 0.399 e. The Morgan fingerprint density at radius 3 is 2.15 bits per heavy atom. The molecule has 0 aliphatic heterocycles. The molecular formula is C23H29N3S. The van der Waals surface area contributed by atoms with Gasteiger partial charge in [-0.25, -0.2) is 0 Å². The van der Waals surface area contributed by atoms with Gasteiger partial charge in [0.15, 0.2) is 0 Å². The molecule has 0 saturated heterocycles. The van der Waals surface area contributed by atoms with Crippen LogP contribution in [0.25, 0.3) is 0 Å². The highest BCUT2D eigenvalue weighted by Crippen LogP contribution is 2.16. The highest BCUT2D eigenvalue weighted by molar-refractivity contribution is 7.80. The van der Waals surface area contributed by atoms with E-state index >= 15 is 0 Å². The lowest BCUT2D eigenvalue weighted by molar-refractivity contribution is 0.418. The normalized spacial score (nSPS) is 10.3. The maximum Gasteiger partial charge on any atom is 0.0980 e. The van der Waals surface area contributed by atoms with Crippen molar-refractivity contribution in [1.29, 1.82) is 0 Å². The summed E-state index contributed by atoms with van der Waals surface area (Å²) in [6, 6.07) is 16.5. The van der Waals surface area contributed by atoms with Gasteiger partial charge in [-0.2, -0.15) is 0 Å². The van der Waals surface area contributed by atoms with E-state index in [1.807, 2.05) is 26.1 Å². The second-order valence-electron chi connectivity index (χ2n) is 6.92. The summed E-state index contributed by atoms with van der Waals surface area (Å²) in [6.07, 6.45) is 2.77. The van der Waals surface area contributed by atoms with Crippen molar-refractivity contribution in [3.63, 3.8) is 0 Å². The predicted octanol–water partition coefficient (Wildman–Crippen LogP) is 5.40. The molecule has 27 heavy (non-hydrogen) atoms. The zero-order valence-electron chi connectivity index (χ0n) is 16.3. The van der Waals surface area contributed by atoms with Crippen molar-refractivity contribution in [3.8, 4) is 0 Å². The van der Waals surface area contributed by atoms with Gasteiger partial charge in [-0.1, -0.05) is 49.6 Å². The molecule has 2 aromatic rings. The lowest BCUT2D eigenvalue weighted by atomic mass is 10.0. The average Bonchev–Trinajstić information content (AvgIpc) is 2.64.